The summed E-state index contributed by atoms with van der Waals surface area (Å²) in [6.45, 7) is 2.09. The molecule has 2 rings (SSSR count). The minimum absolute atomic E-state index is 0.451. The van der Waals surface area contributed by atoms with E-state index in [0.29, 0.717) is 11.5 Å². The first-order chi connectivity index (χ1) is 13.6. The van der Waals surface area contributed by atoms with E-state index in [-0.39, 0.29) is 0 Å². The molecule has 9 heteroatoms. The number of para-hydroxylation sites is 2. The quantitative estimate of drug-likeness (QED) is 0.498. The van der Waals surface area contributed by atoms with E-state index in [0.717, 1.165) is 0 Å². The molecule has 1 atom stereocenters. The molecular formula is C20H25N2O5PS. The van der Waals surface area contributed by atoms with Crippen LogP contribution in [0, 0.1) is 5.41 Å². The van der Waals surface area contributed by atoms with Gasteiger partial charge in [-0.05, 0) is 29.7 Å². The van der Waals surface area contributed by atoms with Crippen molar-refractivity contribution in [3.8, 4) is 11.5 Å². The van der Waals surface area contributed by atoms with Gasteiger partial charge in [0.05, 0.1) is 7.11 Å². The van der Waals surface area contributed by atoms with Crippen LogP contribution in [0.4, 0.5) is 4.79 Å². The van der Waals surface area contributed by atoms with Crippen LogP contribution in [0.5, 0.6) is 11.5 Å². The molecule has 2 N–H and O–H groups in total. The zero-order valence-electron chi connectivity index (χ0n) is 16.7. The molecular weight excluding hydrogens is 411 g/mol. The van der Waals surface area contributed by atoms with E-state index < -0.39 is 30.1 Å². The van der Waals surface area contributed by atoms with Crippen molar-refractivity contribution in [3.05, 3.63) is 60.7 Å². The average Bonchev–Trinajstić information content (AvgIpc) is 2.66. The second-order valence-electron chi connectivity index (χ2n) is 7.21. The Bertz CT molecular complexity index is 826. The largest absolute Gasteiger partial charge is 0.467 e. The smallest absolute Gasteiger partial charge is 0.396 e. The highest BCUT2D eigenvalue weighted by Gasteiger charge is 2.35. The van der Waals surface area contributed by atoms with Crippen molar-refractivity contribution in [3.63, 3.8) is 0 Å². The molecule has 0 bridgehead atoms. The monoisotopic (exact) mass is 436 g/mol. The number of methoxy groups -OCH3 is 1. The summed E-state index contributed by atoms with van der Waals surface area (Å²) in [5, 5.41) is 5.21. The fourth-order valence-electron chi connectivity index (χ4n) is 2.34. The lowest BCUT2D eigenvalue weighted by Gasteiger charge is -2.30. The maximum absolute atomic E-state index is 12.7. The lowest BCUT2D eigenvalue weighted by atomic mass is 9.87. The van der Waals surface area contributed by atoms with E-state index in [2.05, 4.69) is 10.4 Å². The standard InChI is InChI=1S/C20H25N2O5PS/c1-20(2,3)17(18(23)25-4)21-19(24)22-28(29,26-15-11-7-5-8-12-15)27-16-13-9-6-10-14-16/h5-14,17H,1-4H3,(H2,21,22,24,29)/t17-/m1/s1. The molecule has 2 aromatic carbocycles. The zero-order chi connectivity index (χ0) is 21.5. The molecule has 0 unspecified atom stereocenters. The first-order valence-electron chi connectivity index (χ1n) is 8.89. The third kappa shape index (κ3) is 7.07. The van der Waals surface area contributed by atoms with Gasteiger partial charge in [0.15, 0.2) is 0 Å². The molecule has 156 valence electrons. The number of carbonyl (C=O) groups is 2. The maximum atomic E-state index is 12.7. The van der Waals surface area contributed by atoms with Gasteiger partial charge in [0.1, 0.15) is 17.5 Å². The predicted molar refractivity (Wildman–Crippen MR) is 115 cm³/mol. The van der Waals surface area contributed by atoms with Crippen LogP contribution >= 0.6 is 6.64 Å². The van der Waals surface area contributed by atoms with E-state index in [4.69, 9.17) is 25.6 Å². The van der Waals surface area contributed by atoms with Crippen molar-refractivity contribution in [1.29, 1.82) is 0 Å². The van der Waals surface area contributed by atoms with Gasteiger partial charge in [-0.2, -0.15) is 0 Å². The SMILES string of the molecule is COC(=O)[C@@H](NC(=O)NP(=S)(Oc1ccccc1)Oc1ccccc1)C(C)(C)C. The summed E-state index contributed by atoms with van der Waals surface area (Å²) in [5.74, 6) is 0.341. The minimum Gasteiger partial charge on any atom is -0.467 e. The molecule has 0 aliphatic carbocycles. The Morgan fingerprint density at radius 2 is 1.38 bits per heavy atom. The van der Waals surface area contributed by atoms with Crippen LogP contribution in [0.25, 0.3) is 0 Å². The van der Waals surface area contributed by atoms with Crippen molar-refractivity contribution >= 4 is 30.4 Å². The highest BCUT2D eigenvalue weighted by Crippen LogP contribution is 2.45. The molecule has 0 heterocycles. The Hall–Kier alpha value is -2.57. The van der Waals surface area contributed by atoms with Gasteiger partial charge in [-0.15, -0.1) is 0 Å². The van der Waals surface area contributed by atoms with E-state index in [1.54, 1.807) is 48.5 Å². The molecule has 2 aromatic rings. The normalized spacial score (nSPS) is 12.4. The van der Waals surface area contributed by atoms with Crippen LogP contribution in [0.2, 0.25) is 0 Å². The summed E-state index contributed by atoms with van der Waals surface area (Å²) in [6, 6.07) is 16.1. The molecule has 0 saturated carbocycles. The lowest BCUT2D eigenvalue weighted by Crippen LogP contribution is -2.52. The number of benzene rings is 2. The van der Waals surface area contributed by atoms with Gasteiger partial charge in [0.25, 0.3) is 0 Å². The highest BCUT2D eigenvalue weighted by atomic mass is 32.5. The molecule has 0 spiro atoms. The number of ether oxygens (including phenoxy) is 1. The van der Waals surface area contributed by atoms with E-state index in [1.165, 1.54) is 7.11 Å². The Balaban J connectivity index is 2.23. The topological polar surface area (TPSA) is 85.9 Å². The third-order valence-corrected chi connectivity index (χ3v) is 5.85. The number of rotatable bonds is 7. The summed E-state index contributed by atoms with van der Waals surface area (Å²) in [5.41, 5.74) is -0.576. The molecule has 0 fully saturated rings. The summed E-state index contributed by atoms with van der Waals surface area (Å²) in [4.78, 5) is 24.8. The van der Waals surface area contributed by atoms with Gasteiger partial charge >= 0.3 is 18.6 Å². The highest BCUT2D eigenvalue weighted by molar-refractivity contribution is 8.09. The lowest BCUT2D eigenvalue weighted by molar-refractivity contribution is -0.145. The number of carbonyl (C=O) groups excluding carboxylic acids is 2. The molecule has 29 heavy (non-hydrogen) atoms. The fraction of sp³-hybridized carbons (Fsp3) is 0.300. The number of hydrogen-bond acceptors (Lipinski definition) is 6. The van der Waals surface area contributed by atoms with Crippen LogP contribution < -0.4 is 19.5 Å². The molecule has 0 aliphatic heterocycles. The molecule has 0 radical (unpaired) electrons. The minimum atomic E-state index is -3.35. The van der Waals surface area contributed by atoms with Gasteiger partial charge in [-0.3, -0.25) is 0 Å². The third-order valence-electron chi connectivity index (χ3n) is 3.75. The number of hydrogen-bond donors (Lipinski definition) is 2. The summed E-state index contributed by atoms with van der Waals surface area (Å²) >= 11 is 5.56. The Kier molecular flexibility index (Phi) is 7.65. The molecule has 0 aliphatic rings. The van der Waals surface area contributed by atoms with Gasteiger partial charge in [0.2, 0.25) is 0 Å². The van der Waals surface area contributed by atoms with Crippen molar-refractivity contribution in [2.45, 2.75) is 26.8 Å². The second-order valence-corrected chi connectivity index (χ2v) is 10.2. The Morgan fingerprint density at radius 3 is 1.76 bits per heavy atom. The van der Waals surface area contributed by atoms with Crippen LogP contribution in [-0.2, 0) is 21.3 Å². The molecule has 0 aromatic heterocycles. The van der Waals surface area contributed by atoms with Crippen molar-refractivity contribution < 1.29 is 23.4 Å². The van der Waals surface area contributed by atoms with Crippen molar-refractivity contribution in [1.82, 2.24) is 10.4 Å². The summed E-state index contributed by atoms with van der Waals surface area (Å²) in [6.07, 6.45) is 0. The van der Waals surface area contributed by atoms with Crippen LogP contribution in [0.3, 0.4) is 0 Å². The number of amides is 2. The Morgan fingerprint density at radius 1 is 0.931 bits per heavy atom. The van der Waals surface area contributed by atoms with Gasteiger partial charge in [-0.25, -0.2) is 14.7 Å². The van der Waals surface area contributed by atoms with E-state index >= 15 is 0 Å². The average molecular weight is 436 g/mol. The van der Waals surface area contributed by atoms with E-state index in [1.807, 2.05) is 32.9 Å². The van der Waals surface area contributed by atoms with Crippen LogP contribution in [0.15, 0.2) is 60.7 Å². The summed E-state index contributed by atoms with van der Waals surface area (Å²) < 4.78 is 16.5. The van der Waals surface area contributed by atoms with Crippen molar-refractivity contribution in [2.24, 2.45) is 5.41 Å². The Labute approximate surface area is 176 Å². The second kappa shape index (κ2) is 9.76. The number of nitrogens with one attached hydrogen (secondary N) is 2. The molecule has 0 saturated heterocycles. The number of urea groups is 1. The number of esters is 1. The molecule has 2 amide bonds. The van der Waals surface area contributed by atoms with Gasteiger partial charge in [0, 0.05) is 11.8 Å². The summed E-state index contributed by atoms with van der Waals surface area (Å²) in [7, 11) is 1.27. The first kappa shape index (κ1) is 22.7. The van der Waals surface area contributed by atoms with Gasteiger partial charge in [-0.1, -0.05) is 57.2 Å². The van der Waals surface area contributed by atoms with Crippen molar-refractivity contribution in [2.75, 3.05) is 7.11 Å². The zero-order valence-corrected chi connectivity index (χ0v) is 18.5. The maximum Gasteiger partial charge on any atom is 0.396 e. The fourth-order valence-corrected chi connectivity index (χ4v) is 4.34. The van der Waals surface area contributed by atoms with E-state index in [9.17, 15) is 9.59 Å². The predicted octanol–water partition coefficient (Wildman–Crippen LogP) is 4.26. The molecule has 7 nitrogen and oxygen atoms in total. The van der Waals surface area contributed by atoms with Crippen LogP contribution in [-0.4, -0.2) is 25.2 Å². The van der Waals surface area contributed by atoms with Gasteiger partial charge < -0.3 is 19.1 Å². The first-order valence-corrected chi connectivity index (χ1v) is 11.5. The van der Waals surface area contributed by atoms with Crippen LogP contribution in [0.1, 0.15) is 20.8 Å².